The minimum Gasteiger partial charge on any atom is -0.323 e. The van der Waals surface area contributed by atoms with Crippen LogP contribution in [0, 0.1) is 13.8 Å². The topological polar surface area (TPSA) is 78.5 Å². The number of aromatic amines is 1. The fourth-order valence-corrected chi connectivity index (χ4v) is 2.19. The fourth-order valence-electron chi connectivity index (χ4n) is 2.19. The molecule has 0 saturated carbocycles. The smallest absolute Gasteiger partial charge is 0.153 e. The van der Waals surface area contributed by atoms with Crippen molar-refractivity contribution in [2.75, 3.05) is 11.9 Å². The number of nitrogens with zero attached hydrogens (tertiary/aromatic N) is 3. The summed E-state index contributed by atoms with van der Waals surface area (Å²) in [6.07, 6.45) is 0.946. The average molecular weight is 317 g/mol. The van der Waals surface area contributed by atoms with Gasteiger partial charge in [-0.05, 0) is 26.8 Å². The van der Waals surface area contributed by atoms with E-state index in [2.05, 4.69) is 30.8 Å². The molecular formula is C12H18Cl2N6. The summed E-state index contributed by atoms with van der Waals surface area (Å²) in [7, 11) is 0. The van der Waals surface area contributed by atoms with E-state index < -0.39 is 0 Å². The van der Waals surface area contributed by atoms with Gasteiger partial charge in [-0.25, -0.2) is 9.97 Å². The van der Waals surface area contributed by atoms with Crippen molar-refractivity contribution in [2.45, 2.75) is 26.8 Å². The average Bonchev–Trinajstić information content (AvgIpc) is 2.74. The third kappa shape index (κ3) is 3.39. The number of hydrogen-bond acceptors (Lipinski definition) is 5. The summed E-state index contributed by atoms with van der Waals surface area (Å²) in [5.41, 5.74) is 3.31. The summed E-state index contributed by atoms with van der Waals surface area (Å²) in [4.78, 5) is 8.97. The van der Waals surface area contributed by atoms with Crippen LogP contribution in [0.2, 0.25) is 0 Å². The molecule has 0 spiro atoms. The van der Waals surface area contributed by atoms with Gasteiger partial charge in [0.05, 0.1) is 5.69 Å². The Morgan fingerprint density at radius 3 is 2.70 bits per heavy atom. The first-order valence-corrected chi connectivity index (χ1v) is 6.08. The highest BCUT2D eigenvalue weighted by molar-refractivity contribution is 5.85. The number of rotatable bonds is 2. The van der Waals surface area contributed by atoms with E-state index in [4.69, 9.17) is 0 Å². The summed E-state index contributed by atoms with van der Waals surface area (Å²) in [6.45, 7) is 5.67. The molecule has 8 heteroatoms. The lowest BCUT2D eigenvalue weighted by molar-refractivity contribution is 0.621. The van der Waals surface area contributed by atoms with Crippen LogP contribution in [0.4, 0.5) is 11.6 Å². The third-order valence-electron chi connectivity index (χ3n) is 3.00. The Bertz CT molecular complexity index is 583. The number of aryl methyl sites for hydroxylation is 2. The zero-order valence-corrected chi connectivity index (χ0v) is 13.0. The molecule has 1 aliphatic heterocycles. The molecule has 0 aromatic carbocycles. The Morgan fingerprint density at radius 1 is 1.20 bits per heavy atom. The van der Waals surface area contributed by atoms with Crippen LogP contribution < -0.4 is 10.6 Å². The van der Waals surface area contributed by atoms with Gasteiger partial charge in [-0.15, -0.1) is 24.8 Å². The summed E-state index contributed by atoms with van der Waals surface area (Å²) in [6, 6.07) is 1.96. The maximum atomic E-state index is 4.49. The highest BCUT2D eigenvalue weighted by Crippen LogP contribution is 2.22. The van der Waals surface area contributed by atoms with Crippen LogP contribution >= 0.6 is 24.8 Å². The minimum atomic E-state index is 0. The number of halogens is 2. The van der Waals surface area contributed by atoms with Crippen molar-refractivity contribution in [2.24, 2.45) is 0 Å². The molecule has 0 aliphatic carbocycles. The molecule has 0 atom stereocenters. The van der Waals surface area contributed by atoms with Gasteiger partial charge in [0.1, 0.15) is 11.6 Å². The number of fused-ring (bicyclic) bond motifs is 1. The summed E-state index contributed by atoms with van der Waals surface area (Å²) < 4.78 is 0. The van der Waals surface area contributed by atoms with Gasteiger partial charge in [-0.3, -0.25) is 5.10 Å². The molecule has 0 unspecified atom stereocenters. The van der Waals surface area contributed by atoms with Gasteiger partial charge in [0.15, 0.2) is 5.82 Å². The lowest BCUT2D eigenvalue weighted by Gasteiger charge is -2.19. The van der Waals surface area contributed by atoms with Crippen LogP contribution in [0.1, 0.15) is 22.8 Å². The SMILES string of the molecule is Cc1nc2c(c(Nc3cc(C)[nH]n3)n1)CCNC2.Cl.Cl. The van der Waals surface area contributed by atoms with E-state index in [0.717, 1.165) is 48.4 Å². The lowest BCUT2D eigenvalue weighted by atomic mass is 10.1. The monoisotopic (exact) mass is 316 g/mol. The van der Waals surface area contributed by atoms with Gasteiger partial charge in [-0.1, -0.05) is 0 Å². The molecule has 3 heterocycles. The van der Waals surface area contributed by atoms with Crippen molar-refractivity contribution >= 4 is 36.4 Å². The van der Waals surface area contributed by atoms with Gasteiger partial charge >= 0.3 is 0 Å². The molecule has 0 amide bonds. The normalized spacial score (nSPS) is 12.9. The van der Waals surface area contributed by atoms with Crippen molar-refractivity contribution in [3.63, 3.8) is 0 Å². The first-order valence-electron chi connectivity index (χ1n) is 6.08. The van der Waals surface area contributed by atoms with Crippen molar-refractivity contribution in [3.05, 3.63) is 28.8 Å². The van der Waals surface area contributed by atoms with Gasteiger partial charge < -0.3 is 10.6 Å². The first-order chi connectivity index (χ1) is 8.72. The van der Waals surface area contributed by atoms with E-state index in [1.165, 1.54) is 5.56 Å². The van der Waals surface area contributed by atoms with E-state index in [9.17, 15) is 0 Å². The zero-order chi connectivity index (χ0) is 12.5. The Morgan fingerprint density at radius 2 is 2.00 bits per heavy atom. The number of aromatic nitrogens is 4. The minimum absolute atomic E-state index is 0. The lowest BCUT2D eigenvalue weighted by Crippen LogP contribution is -2.26. The summed E-state index contributed by atoms with van der Waals surface area (Å²) in [5.74, 6) is 2.46. The molecule has 0 radical (unpaired) electrons. The molecule has 1 aliphatic rings. The second-order valence-corrected chi connectivity index (χ2v) is 4.53. The van der Waals surface area contributed by atoms with E-state index in [-0.39, 0.29) is 24.8 Å². The molecule has 0 fully saturated rings. The zero-order valence-electron chi connectivity index (χ0n) is 11.4. The molecule has 3 rings (SSSR count). The predicted octanol–water partition coefficient (Wildman–Crippen LogP) is 2.05. The van der Waals surface area contributed by atoms with Crippen molar-refractivity contribution in [3.8, 4) is 0 Å². The second-order valence-electron chi connectivity index (χ2n) is 4.53. The van der Waals surface area contributed by atoms with E-state index in [1.54, 1.807) is 0 Å². The van der Waals surface area contributed by atoms with Gasteiger partial charge in [0, 0.05) is 23.9 Å². The Balaban J connectivity index is 0.000001000. The predicted molar refractivity (Wildman–Crippen MR) is 83.3 cm³/mol. The fraction of sp³-hybridized carbons (Fsp3) is 0.417. The molecule has 110 valence electrons. The maximum Gasteiger partial charge on any atom is 0.153 e. The van der Waals surface area contributed by atoms with Crippen LogP contribution in [0.5, 0.6) is 0 Å². The molecule has 2 aromatic rings. The highest BCUT2D eigenvalue weighted by atomic mass is 35.5. The van der Waals surface area contributed by atoms with Crippen molar-refractivity contribution in [1.29, 1.82) is 0 Å². The van der Waals surface area contributed by atoms with Crippen LogP contribution in [0.25, 0.3) is 0 Å². The summed E-state index contributed by atoms with van der Waals surface area (Å²) >= 11 is 0. The molecule has 0 bridgehead atoms. The van der Waals surface area contributed by atoms with Gasteiger partial charge in [0.25, 0.3) is 0 Å². The van der Waals surface area contributed by atoms with Crippen LogP contribution in [0.15, 0.2) is 6.07 Å². The standard InChI is InChI=1S/C12H16N6.2ClH/c1-7-5-11(18-17-7)16-12-9-3-4-13-6-10(9)14-8(2)15-12;;/h5,13H,3-4,6H2,1-2H3,(H2,14,15,16,17,18);2*1H. The van der Waals surface area contributed by atoms with E-state index >= 15 is 0 Å². The van der Waals surface area contributed by atoms with Crippen LogP contribution in [-0.2, 0) is 13.0 Å². The Kier molecular flexibility index (Phi) is 5.74. The number of anilines is 2. The first kappa shape index (κ1) is 16.7. The van der Waals surface area contributed by atoms with Gasteiger partial charge in [0.2, 0.25) is 0 Å². The van der Waals surface area contributed by atoms with Gasteiger partial charge in [-0.2, -0.15) is 5.10 Å². The number of hydrogen-bond donors (Lipinski definition) is 3. The molecule has 2 aromatic heterocycles. The number of H-pyrrole nitrogens is 1. The molecule has 6 nitrogen and oxygen atoms in total. The van der Waals surface area contributed by atoms with Crippen molar-refractivity contribution in [1.82, 2.24) is 25.5 Å². The quantitative estimate of drug-likeness (QED) is 0.790. The maximum absolute atomic E-state index is 4.49. The van der Waals surface area contributed by atoms with E-state index in [0.29, 0.717) is 0 Å². The molecule has 3 N–H and O–H groups in total. The third-order valence-corrected chi connectivity index (χ3v) is 3.00. The Hall–Kier alpha value is -1.37. The largest absolute Gasteiger partial charge is 0.323 e. The van der Waals surface area contributed by atoms with Crippen molar-refractivity contribution < 1.29 is 0 Å². The van der Waals surface area contributed by atoms with Crippen LogP contribution in [-0.4, -0.2) is 26.7 Å². The molecule has 0 saturated heterocycles. The summed E-state index contributed by atoms with van der Waals surface area (Å²) in [5, 5.41) is 13.7. The van der Waals surface area contributed by atoms with E-state index in [1.807, 2.05) is 19.9 Å². The number of nitrogens with one attached hydrogen (secondary N) is 3. The van der Waals surface area contributed by atoms with Crippen LogP contribution in [0.3, 0.4) is 0 Å². The second kappa shape index (κ2) is 6.88. The molecular weight excluding hydrogens is 299 g/mol. The highest BCUT2D eigenvalue weighted by Gasteiger charge is 2.16. The Labute approximate surface area is 130 Å². The molecule has 20 heavy (non-hydrogen) atoms.